The normalized spacial score (nSPS) is 18.9. The van der Waals surface area contributed by atoms with Crippen LogP contribution in [0.1, 0.15) is 30.1 Å². The van der Waals surface area contributed by atoms with Crippen molar-refractivity contribution in [3.63, 3.8) is 0 Å². The van der Waals surface area contributed by atoms with E-state index in [1.165, 1.54) is 6.07 Å². The van der Waals surface area contributed by atoms with Gasteiger partial charge in [0, 0.05) is 56.9 Å². The molecule has 0 aromatic heterocycles. The Balaban J connectivity index is 1.99. The molecule has 0 spiro atoms. The second-order valence-electron chi connectivity index (χ2n) is 5.72. The molecule has 21 heavy (non-hydrogen) atoms. The van der Waals surface area contributed by atoms with Gasteiger partial charge in [0.05, 0.1) is 5.69 Å². The van der Waals surface area contributed by atoms with Crippen LogP contribution in [0, 0.1) is 5.82 Å². The average Bonchev–Trinajstić information content (AvgIpc) is 2.51. The van der Waals surface area contributed by atoms with Gasteiger partial charge in [-0.2, -0.15) is 0 Å². The van der Waals surface area contributed by atoms with Gasteiger partial charge < -0.3 is 15.1 Å². The Hall–Kier alpha value is -1.62. The summed E-state index contributed by atoms with van der Waals surface area (Å²) >= 11 is 0. The first-order valence-corrected chi connectivity index (χ1v) is 7.78. The number of ketones is 1. The second kappa shape index (κ2) is 6.02. The Bertz CT molecular complexity index is 541. The summed E-state index contributed by atoms with van der Waals surface area (Å²) in [6, 6.07) is 3.32. The molecule has 114 valence electrons. The molecule has 0 saturated carbocycles. The molecule has 0 bridgehead atoms. The van der Waals surface area contributed by atoms with Gasteiger partial charge in [0.1, 0.15) is 5.82 Å². The summed E-state index contributed by atoms with van der Waals surface area (Å²) in [7, 11) is 0. The highest BCUT2D eigenvalue weighted by Crippen LogP contribution is 2.33. The zero-order valence-corrected chi connectivity index (χ0v) is 12.5. The first-order chi connectivity index (χ1) is 10.2. The largest absolute Gasteiger partial charge is 0.370 e. The second-order valence-corrected chi connectivity index (χ2v) is 5.72. The van der Waals surface area contributed by atoms with Crippen molar-refractivity contribution in [2.45, 2.75) is 19.8 Å². The van der Waals surface area contributed by atoms with Crippen LogP contribution in [-0.4, -0.2) is 45.1 Å². The Morgan fingerprint density at radius 1 is 1.19 bits per heavy atom. The van der Waals surface area contributed by atoms with Gasteiger partial charge in [-0.15, -0.1) is 0 Å². The Labute approximate surface area is 124 Å². The molecule has 0 amide bonds. The fourth-order valence-electron chi connectivity index (χ4n) is 3.18. The lowest BCUT2D eigenvalue weighted by Gasteiger charge is -2.34. The molecule has 0 aliphatic carbocycles. The molecule has 2 heterocycles. The van der Waals surface area contributed by atoms with Crippen molar-refractivity contribution in [3.05, 3.63) is 23.5 Å². The van der Waals surface area contributed by atoms with Crippen molar-refractivity contribution < 1.29 is 9.18 Å². The molecule has 1 aromatic carbocycles. The minimum Gasteiger partial charge on any atom is -0.370 e. The minimum atomic E-state index is -0.276. The molecule has 5 heteroatoms. The maximum Gasteiger partial charge on any atom is 0.166 e. The van der Waals surface area contributed by atoms with Gasteiger partial charge in [0.25, 0.3) is 0 Å². The fourth-order valence-corrected chi connectivity index (χ4v) is 3.18. The first kappa shape index (κ1) is 14.3. The van der Waals surface area contributed by atoms with Crippen LogP contribution in [-0.2, 0) is 0 Å². The maximum atomic E-state index is 14.4. The van der Waals surface area contributed by atoms with Gasteiger partial charge >= 0.3 is 0 Å². The van der Waals surface area contributed by atoms with Gasteiger partial charge in [-0.25, -0.2) is 4.39 Å². The molecule has 2 aliphatic heterocycles. The van der Waals surface area contributed by atoms with Gasteiger partial charge in [-0.1, -0.05) is 6.92 Å². The predicted molar refractivity (Wildman–Crippen MR) is 82.9 cm³/mol. The number of rotatable bonds is 3. The molecular formula is C16H22FN3O. The SMILES string of the molecule is CCCN1CCC(=O)c2cc(F)c(N3CCNCC3)cc21. The summed E-state index contributed by atoms with van der Waals surface area (Å²) in [4.78, 5) is 16.3. The number of Topliss-reactive ketones (excluding diaryl/α,β-unsaturated/α-hetero) is 1. The van der Waals surface area contributed by atoms with E-state index in [4.69, 9.17) is 0 Å². The van der Waals surface area contributed by atoms with Crippen LogP contribution in [0.3, 0.4) is 0 Å². The quantitative estimate of drug-likeness (QED) is 0.924. The van der Waals surface area contributed by atoms with E-state index in [-0.39, 0.29) is 11.6 Å². The molecular weight excluding hydrogens is 269 g/mol. The van der Waals surface area contributed by atoms with Crippen LogP contribution in [0.5, 0.6) is 0 Å². The van der Waals surface area contributed by atoms with Crippen LogP contribution >= 0.6 is 0 Å². The van der Waals surface area contributed by atoms with Gasteiger partial charge in [0.15, 0.2) is 5.78 Å². The van der Waals surface area contributed by atoms with E-state index >= 15 is 0 Å². The standard InChI is InChI=1S/C16H22FN3O/c1-2-6-19-7-3-16(21)12-10-13(17)15(11-14(12)19)20-8-4-18-5-9-20/h10-11,18H,2-9H2,1H3. The van der Waals surface area contributed by atoms with E-state index in [1.807, 2.05) is 6.07 Å². The number of hydrogen-bond acceptors (Lipinski definition) is 4. The molecule has 4 nitrogen and oxygen atoms in total. The van der Waals surface area contributed by atoms with Crippen molar-refractivity contribution in [1.29, 1.82) is 0 Å². The number of hydrogen-bond donors (Lipinski definition) is 1. The van der Waals surface area contributed by atoms with E-state index in [0.717, 1.165) is 51.4 Å². The summed E-state index contributed by atoms with van der Waals surface area (Å²) in [6.07, 6.45) is 1.51. The molecule has 3 rings (SSSR count). The van der Waals surface area contributed by atoms with Crippen LogP contribution in [0.4, 0.5) is 15.8 Å². The highest BCUT2D eigenvalue weighted by atomic mass is 19.1. The summed E-state index contributed by atoms with van der Waals surface area (Å²) in [5.74, 6) is -0.217. The van der Waals surface area contributed by atoms with Crippen molar-refractivity contribution in [1.82, 2.24) is 5.32 Å². The Morgan fingerprint density at radius 2 is 1.95 bits per heavy atom. The summed E-state index contributed by atoms with van der Waals surface area (Å²) in [5.41, 5.74) is 2.08. The summed E-state index contributed by atoms with van der Waals surface area (Å²) < 4.78 is 14.4. The number of piperazine rings is 1. The molecule has 1 N–H and O–H groups in total. The zero-order valence-electron chi connectivity index (χ0n) is 12.5. The molecule has 1 fully saturated rings. The monoisotopic (exact) mass is 291 g/mol. The van der Waals surface area contributed by atoms with Gasteiger partial charge in [-0.3, -0.25) is 4.79 Å². The number of benzene rings is 1. The van der Waals surface area contributed by atoms with Crippen molar-refractivity contribution in [2.24, 2.45) is 0 Å². The molecule has 1 saturated heterocycles. The van der Waals surface area contributed by atoms with Crippen LogP contribution < -0.4 is 15.1 Å². The molecule has 0 unspecified atom stereocenters. The third-order valence-corrected chi connectivity index (χ3v) is 4.27. The van der Waals surface area contributed by atoms with Crippen LogP contribution in [0.25, 0.3) is 0 Å². The molecule has 0 atom stereocenters. The molecule has 2 aliphatic rings. The smallest absolute Gasteiger partial charge is 0.166 e. The molecule has 0 radical (unpaired) electrons. The highest BCUT2D eigenvalue weighted by Gasteiger charge is 2.26. The maximum absolute atomic E-state index is 14.4. The summed E-state index contributed by atoms with van der Waals surface area (Å²) in [5, 5.41) is 3.27. The number of carbonyl (C=O) groups is 1. The number of nitrogens with zero attached hydrogens (tertiary/aromatic N) is 2. The van der Waals surface area contributed by atoms with Crippen LogP contribution in [0.15, 0.2) is 12.1 Å². The van der Waals surface area contributed by atoms with Gasteiger partial charge in [-0.05, 0) is 18.6 Å². The van der Waals surface area contributed by atoms with E-state index in [0.29, 0.717) is 17.7 Å². The zero-order chi connectivity index (χ0) is 14.8. The van der Waals surface area contributed by atoms with E-state index in [9.17, 15) is 9.18 Å². The highest BCUT2D eigenvalue weighted by molar-refractivity contribution is 6.04. The van der Waals surface area contributed by atoms with Crippen molar-refractivity contribution in [3.8, 4) is 0 Å². The first-order valence-electron chi connectivity index (χ1n) is 7.78. The van der Waals surface area contributed by atoms with Crippen molar-refractivity contribution in [2.75, 3.05) is 49.1 Å². The number of anilines is 2. The Morgan fingerprint density at radius 3 is 2.67 bits per heavy atom. The minimum absolute atomic E-state index is 0.0584. The third kappa shape index (κ3) is 2.75. The average molecular weight is 291 g/mol. The van der Waals surface area contributed by atoms with E-state index < -0.39 is 0 Å². The van der Waals surface area contributed by atoms with E-state index in [1.54, 1.807) is 0 Å². The lowest BCUT2D eigenvalue weighted by molar-refractivity contribution is 0.0979. The van der Waals surface area contributed by atoms with E-state index in [2.05, 4.69) is 22.0 Å². The number of nitrogens with one attached hydrogen (secondary N) is 1. The van der Waals surface area contributed by atoms with Gasteiger partial charge in [0.2, 0.25) is 0 Å². The fraction of sp³-hybridized carbons (Fsp3) is 0.562. The molecule has 1 aromatic rings. The number of carbonyl (C=O) groups excluding carboxylic acids is 1. The predicted octanol–water partition coefficient (Wildman–Crippen LogP) is 2.04. The Kier molecular flexibility index (Phi) is 4.10. The number of halogens is 1. The topological polar surface area (TPSA) is 35.6 Å². The number of fused-ring (bicyclic) bond motifs is 1. The van der Waals surface area contributed by atoms with Crippen molar-refractivity contribution >= 4 is 17.2 Å². The lowest BCUT2D eigenvalue weighted by Crippen LogP contribution is -2.44. The lowest BCUT2D eigenvalue weighted by atomic mass is 9.98. The third-order valence-electron chi connectivity index (χ3n) is 4.27. The summed E-state index contributed by atoms with van der Waals surface area (Å²) in [6.45, 7) is 7.12. The van der Waals surface area contributed by atoms with Crippen LogP contribution in [0.2, 0.25) is 0 Å².